The molecule has 0 rings (SSSR count). The van der Waals surface area contributed by atoms with Crippen LogP contribution in [0.3, 0.4) is 0 Å². The standard InChI is InChI=1S/C5H9O2P/c1-3-5(6)7-4(2)8/h3-4H,1,8H2,2H3. The second kappa shape index (κ2) is 3.62. The van der Waals surface area contributed by atoms with E-state index in [4.69, 9.17) is 0 Å². The van der Waals surface area contributed by atoms with E-state index in [0.29, 0.717) is 0 Å². The smallest absolute Gasteiger partial charge is 0.330 e. The van der Waals surface area contributed by atoms with Crippen LogP contribution in [-0.4, -0.2) is 11.8 Å². The molecular formula is C5H9O2P. The lowest BCUT2D eigenvalue weighted by Gasteiger charge is -2.02. The number of esters is 1. The summed E-state index contributed by atoms with van der Waals surface area (Å²) in [5.41, 5.74) is 0. The maximum Gasteiger partial charge on any atom is 0.330 e. The van der Waals surface area contributed by atoms with Gasteiger partial charge in [-0.3, -0.25) is 0 Å². The molecule has 0 aliphatic rings. The maximum atomic E-state index is 10.3. The fraction of sp³-hybridized carbons (Fsp3) is 0.400. The molecule has 2 unspecified atom stereocenters. The summed E-state index contributed by atoms with van der Waals surface area (Å²) >= 11 is 0. The van der Waals surface area contributed by atoms with Crippen molar-refractivity contribution in [3.05, 3.63) is 12.7 Å². The van der Waals surface area contributed by atoms with E-state index in [2.05, 4.69) is 20.6 Å². The largest absolute Gasteiger partial charge is 0.456 e. The van der Waals surface area contributed by atoms with Gasteiger partial charge in [0.15, 0.2) is 0 Å². The van der Waals surface area contributed by atoms with Crippen LogP contribution in [0.15, 0.2) is 12.7 Å². The fourth-order valence-corrected chi connectivity index (χ4v) is 0.365. The average Bonchev–Trinajstić information content (AvgIpc) is 1.65. The van der Waals surface area contributed by atoms with E-state index in [1.54, 1.807) is 6.92 Å². The number of carbonyl (C=O) groups is 1. The Morgan fingerprint density at radius 1 is 2.00 bits per heavy atom. The van der Waals surface area contributed by atoms with Gasteiger partial charge in [-0.1, -0.05) is 15.8 Å². The van der Waals surface area contributed by atoms with Crippen LogP contribution in [0.5, 0.6) is 0 Å². The summed E-state index contributed by atoms with van der Waals surface area (Å²) in [6.07, 6.45) is 1.14. The first kappa shape index (κ1) is 7.64. The van der Waals surface area contributed by atoms with E-state index in [1.807, 2.05) is 0 Å². The van der Waals surface area contributed by atoms with Crippen LogP contribution in [0.2, 0.25) is 0 Å². The van der Waals surface area contributed by atoms with Gasteiger partial charge in [0.2, 0.25) is 0 Å². The SMILES string of the molecule is C=CC(=O)OC(C)P. The van der Waals surface area contributed by atoms with Crippen LogP contribution in [0.4, 0.5) is 0 Å². The van der Waals surface area contributed by atoms with Crippen molar-refractivity contribution < 1.29 is 9.53 Å². The molecule has 0 heterocycles. The topological polar surface area (TPSA) is 26.3 Å². The van der Waals surface area contributed by atoms with Gasteiger partial charge in [-0.25, -0.2) is 4.79 Å². The Hall–Kier alpha value is -0.360. The summed E-state index contributed by atoms with van der Waals surface area (Å²) in [7, 11) is 2.34. The molecule has 0 aliphatic carbocycles. The number of rotatable bonds is 2. The molecule has 0 bridgehead atoms. The van der Waals surface area contributed by atoms with Crippen molar-refractivity contribution in [2.45, 2.75) is 12.8 Å². The second-order valence-corrected chi connectivity index (χ2v) is 2.28. The Morgan fingerprint density at radius 3 is 2.62 bits per heavy atom. The minimum Gasteiger partial charge on any atom is -0.456 e. The molecule has 0 radical (unpaired) electrons. The van der Waals surface area contributed by atoms with Gasteiger partial charge in [0, 0.05) is 6.08 Å². The predicted octanol–water partition coefficient (Wildman–Crippen LogP) is 0.937. The molecule has 0 fully saturated rings. The van der Waals surface area contributed by atoms with Crippen molar-refractivity contribution in [3.63, 3.8) is 0 Å². The zero-order chi connectivity index (χ0) is 6.57. The van der Waals surface area contributed by atoms with E-state index in [-0.39, 0.29) is 11.8 Å². The molecule has 0 aliphatic heterocycles. The lowest BCUT2D eigenvalue weighted by Crippen LogP contribution is -2.04. The molecule has 0 spiro atoms. The van der Waals surface area contributed by atoms with Crippen molar-refractivity contribution >= 4 is 15.2 Å². The minimum absolute atomic E-state index is 0.125. The summed E-state index contributed by atoms with van der Waals surface area (Å²) in [6, 6.07) is 0. The molecule has 0 aromatic carbocycles. The number of hydrogen-bond donors (Lipinski definition) is 0. The number of hydrogen-bond acceptors (Lipinski definition) is 2. The highest BCUT2D eigenvalue weighted by Gasteiger charge is 1.96. The van der Waals surface area contributed by atoms with Crippen LogP contribution in [0.25, 0.3) is 0 Å². The molecule has 46 valence electrons. The van der Waals surface area contributed by atoms with Gasteiger partial charge in [0.25, 0.3) is 0 Å². The molecule has 2 nitrogen and oxygen atoms in total. The molecule has 3 heteroatoms. The van der Waals surface area contributed by atoms with Gasteiger partial charge in [0.05, 0.1) is 0 Å². The summed E-state index contributed by atoms with van der Waals surface area (Å²) in [5.74, 6) is -0.506. The Morgan fingerprint density at radius 2 is 2.50 bits per heavy atom. The highest BCUT2D eigenvalue weighted by atomic mass is 31.0. The van der Waals surface area contributed by atoms with Crippen molar-refractivity contribution in [2.75, 3.05) is 0 Å². The average molecular weight is 132 g/mol. The van der Waals surface area contributed by atoms with Gasteiger partial charge in [0.1, 0.15) is 5.85 Å². The van der Waals surface area contributed by atoms with Crippen LogP contribution in [-0.2, 0) is 9.53 Å². The second-order valence-electron chi connectivity index (χ2n) is 1.35. The Labute approximate surface area is 51.1 Å². The summed E-state index contributed by atoms with van der Waals surface area (Å²) < 4.78 is 4.61. The number of ether oxygens (including phenoxy) is 1. The third-order valence-electron chi connectivity index (χ3n) is 0.469. The van der Waals surface area contributed by atoms with E-state index < -0.39 is 0 Å². The quantitative estimate of drug-likeness (QED) is 0.317. The van der Waals surface area contributed by atoms with Gasteiger partial charge in [-0.2, -0.15) is 0 Å². The van der Waals surface area contributed by atoms with Crippen LogP contribution in [0.1, 0.15) is 6.92 Å². The maximum absolute atomic E-state index is 10.3. The zero-order valence-corrected chi connectivity index (χ0v) is 5.91. The summed E-state index contributed by atoms with van der Waals surface area (Å²) in [4.78, 5) is 10.3. The van der Waals surface area contributed by atoms with E-state index in [0.717, 1.165) is 6.08 Å². The highest BCUT2D eigenvalue weighted by Crippen LogP contribution is 1.99. The normalized spacial score (nSPS) is 12.2. The van der Waals surface area contributed by atoms with Crippen molar-refractivity contribution in [1.82, 2.24) is 0 Å². The number of carbonyl (C=O) groups excluding carboxylic acids is 1. The molecule has 0 aromatic rings. The lowest BCUT2D eigenvalue weighted by atomic mass is 10.6. The Bertz CT molecular complexity index is 98.6. The third-order valence-corrected chi connectivity index (χ3v) is 0.605. The molecule has 0 saturated carbocycles. The Balaban J connectivity index is 3.39. The molecule has 8 heavy (non-hydrogen) atoms. The monoisotopic (exact) mass is 132 g/mol. The van der Waals surface area contributed by atoms with E-state index in [1.165, 1.54) is 0 Å². The van der Waals surface area contributed by atoms with Crippen molar-refractivity contribution in [3.8, 4) is 0 Å². The molecule has 0 N–H and O–H groups in total. The molecule has 0 aromatic heterocycles. The van der Waals surface area contributed by atoms with Gasteiger partial charge < -0.3 is 4.74 Å². The first-order valence-corrected chi connectivity index (χ1v) is 2.92. The summed E-state index contributed by atoms with van der Waals surface area (Å²) in [5, 5.41) is 0. The third kappa shape index (κ3) is 3.82. The first-order chi connectivity index (χ1) is 3.66. The minimum atomic E-state index is -0.382. The Kier molecular flexibility index (Phi) is 3.46. The highest BCUT2D eigenvalue weighted by molar-refractivity contribution is 7.17. The predicted molar refractivity (Wildman–Crippen MR) is 35.5 cm³/mol. The lowest BCUT2D eigenvalue weighted by molar-refractivity contribution is -0.138. The van der Waals surface area contributed by atoms with Gasteiger partial charge >= 0.3 is 5.97 Å². The van der Waals surface area contributed by atoms with E-state index >= 15 is 0 Å². The van der Waals surface area contributed by atoms with Crippen LogP contribution in [0, 0.1) is 0 Å². The van der Waals surface area contributed by atoms with Crippen LogP contribution < -0.4 is 0 Å². The van der Waals surface area contributed by atoms with Crippen LogP contribution >= 0.6 is 9.24 Å². The van der Waals surface area contributed by atoms with Crippen molar-refractivity contribution in [2.24, 2.45) is 0 Å². The molecule has 2 atom stereocenters. The van der Waals surface area contributed by atoms with Gasteiger partial charge in [-0.05, 0) is 6.92 Å². The van der Waals surface area contributed by atoms with Gasteiger partial charge in [-0.15, -0.1) is 0 Å². The first-order valence-electron chi connectivity index (χ1n) is 2.25. The fourth-order valence-electron chi connectivity index (χ4n) is 0.231. The van der Waals surface area contributed by atoms with E-state index in [9.17, 15) is 4.79 Å². The molecular weight excluding hydrogens is 123 g/mol. The molecule has 0 saturated heterocycles. The summed E-state index contributed by atoms with van der Waals surface area (Å²) in [6.45, 7) is 4.99. The zero-order valence-electron chi connectivity index (χ0n) is 4.76. The molecule has 0 amide bonds. The van der Waals surface area contributed by atoms with Crippen molar-refractivity contribution in [1.29, 1.82) is 0 Å².